The molecule has 0 aliphatic carbocycles. The van der Waals surface area contributed by atoms with E-state index in [-0.39, 0.29) is 0 Å². The molecule has 1 aliphatic rings. The molecule has 0 saturated carbocycles. The van der Waals surface area contributed by atoms with Crippen LogP contribution in [0.25, 0.3) is 5.69 Å². The van der Waals surface area contributed by atoms with E-state index in [9.17, 15) is 0 Å². The van der Waals surface area contributed by atoms with Crippen molar-refractivity contribution in [2.24, 2.45) is 0 Å². The van der Waals surface area contributed by atoms with Crippen LogP contribution in [0.5, 0.6) is 0 Å². The minimum atomic E-state index is 0.598. The molecule has 1 fully saturated rings. The Balaban J connectivity index is 1.67. The van der Waals surface area contributed by atoms with Crippen LogP contribution in [0.2, 0.25) is 0 Å². The van der Waals surface area contributed by atoms with Gasteiger partial charge in [0.2, 0.25) is 0 Å². The van der Waals surface area contributed by atoms with Crippen LogP contribution in [-0.2, 0) is 6.54 Å². The Kier molecular flexibility index (Phi) is 3.84. The van der Waals surface area contributed by atoms with Crippen molar-refractivity contribution in [3.63, 3.8) is 0 Å². The van der Waals surface area contributed by atoms with Crippen molar-refractivity contribution in [2.45, 2.75) is 31.2 Å². The molecule has 4 nitrogen and oxygen atoms in total. The first-order valence-electron chi connectivity index (χ1n) is 6.62. The van der Waals surface area contributed by atoms with Crippen LogP contribution in [0.15, 0.2) is 36.7 Å². The lowest BCUT2D eigenvalue weighted by Crippen LogP contribution is -2.29. The van der Waals surface area contributed by atoms with Crippen molar-refractivity contribution in [1.82, 2.24) is 20.1 Å². The second kappa shape index (κ2) is 5.75. The van der Waals surface area contributed by atoms with Gasteiger partial charge < -0.3 is 5.32 Å². The van der Waals surface area contributed by atoms with Crippen LogP contribution in [0.1, 0.15) is 19.2 Å². The van der Waals surface area contributed by atoms with Gasteiger partial charge in [0.25, 0.3) is 0 Å². The van der Waals surface area contributed by atoms with Gasteiger partial charge in [-0.1, -0.05) is 25.1 Å². The van der Waals surface area contributed by atoms with E-state index in [4.69, 9.17) is 0 Å². The summed E-state index contributed by atoms with van der Waals surface area (Å²) < 4.78 is 2.04. The zero-order chi connectivity index (χ0) is 13.1. The van der Waals surface area contributed by atoms with Crippen LogP contribution in [0.4, 0.5) is 0 Å². The quantitative estimate of drug-likeness (QED) is 0.928. The van der Waals surface area contributed by atoms with Gasteiger partial charge >= 0.3 is 0 Å². The summed E-state index contributed by atoms with van der Waals surface area (Å²) in [4.78, 5) is 0. The molecule has 0 spiro atoms. The molecule has 2 atom stereocenters. The van der Waals surface area contributed by atoms with Gasteiger partial charge in [-0.2, -0.15) is 11.8 Å². The molecule has 1 aromatic carbocycles. The predicted octanol–water partition coefficient (Wildman–Crippen LogP) is 2.25. The van der Waals surface area contributed by atoms with E-state index in [1.807, 2.05) is 34.5 Å². The molecule has 2 aromatic rings. The molecule has 1 N–H and O–H groups in total. The summed E-state index contributed by atoms with van der Waals surface area (Å²) in [6, 6.07) is 10.8. The third-order valence-corrected chi connectivity index (χ3v) is 4.76. The lowest BCUT2D eigenvalue weighted by atomic mass is 10.2. The van der Waals surface area contributed by atoms with Crippen molar-refractivity contribution < 1.29 is 0 Å². The smallest absolute Gasteiger partial charge is 0.151 e. The fourth-order valence-corrected chi connectivity index (χ4v) is 3.56. The van der Waals surface area contributed by atoms with E-state index < -0.39 is 0 Å². The standard InChI is InChI=1S/C14H18N4S/c1-11-7-12(9-19-11)15-8-14-17-16-10-18(14)13-5-3-2-4-6-13/h2-6,10-12,15H,7-9H2,1H3/t11-,12-/m0/s1. The molecule has 1 aliphatic heterocycles. The van der Waals surface area contributed by atoms with Gasteiger partial charge in [-0.25, -0.2) is 0 Å². The Morgan fingerprint density at radius 2 is 2.21 bits per heavy atom. The number of nitrogens with one attached hydrogen (secondary N) is 1. The number of hydrogen-bond donors (Lipinski definition) is 1. The van der Waals surface area contributed by atoms with Crippen molar-refractivity contribution in [3.8, 4) is 5.69 Å². The van der Waals surface area contributed by atoms with Crippen molar-refractivity contribution in [3.05, 3.63) is 42.5 Å². The highest BCUT2D eigenvalue weighted by Crippen LogP contribution is 2.26. The van der Waals surface area contributed by atoms with Gasteiger partial charge in [0.15, 0.2) is 5.82 Å². The molecule has 19 heavy (non-hydrogen) atoms. The van der Waals surface area contributed by atoms with Gasteiger partial charge in [-0.15, -0.1) is 10.2 Å². The van der Waals surface area contributed by atoms with Gasteiger partial charge in [0.1, 0.15) is 6.33 Å². The van der Waals surface area contributed by atoms with Crippen molar-refractivity contribution in [2.75, 3.05) is 5.75 Å². The molecule has 0 radical (unpaired) electrons. The van der Waals surface area contributed by atoms with Gasteiger partial charge in [-0.05, 0) is 18.6 Å². The summed E-state index contributed by atoms with van der Waals surface area (Å²) in [5, 5.41) is 12.6. The first kappa shape index (κ1) is 12.7. The number of nitrogens with zero attached hydrogens (tertiary/aromatic N) is 3. The lowest BCUT2D eigenvalue weighted by molar-refractivity contribution is 0.524. The van der Waals surface area contributed by atoms with E-state index in [1.165, 1.54) is 12.2 Å². The minimum absolute atomic E-state index is 0.598. The summed E-state index contributed by atoms with van der Waals surface area (Å²) in [7, 11) is 0. The third kappa shape index (κ3) is 2.98. The Labute approximate surface area is 117 Å². The molecule has 5 heteroatoms. The average Bonchev–Trinajstić information content (AvgIpc) is 3.06. The van der Waals surface area contributed by atoms with Crippen LogP contribution >= 0.6 is 11.8 Å². The average molecular weight is 274 g/mol. The molecule has 0 unspecified atom stereocenters. The molecule has 1 saturated heterocycles. The summed E-state index contributed by atoms with van der Waals surface area (Å²) in [5.74, 6) is 2.16. The maximum absolute atomic E-state index is 4.22. The zero-order valence-electron chi connectivity index (χ0n) is 11.0. The van der Waals surface area contributed by atoms with Crippen LogP contribution in [0, 0.1) is 0 Å². The van der Waals surface area contributed by atoms with Crippen LogP contribution in [-0.4, -0.2) is 31.8 Å². The molecular formula is C14H18N4S. The summed E-state index contributed by atoms with van der Waals surface area (Å²) in [6.45, 7) is 3.06. The molecule has 100 valence electrons. The second-order valence-electron chi connectivity index (χ2n) is 4.91. The lowest BCUT2D eigenvalue weighted by Gasteiger charge is -2.12. The highest BCUT2D eigenvalue weighted by molar-refractivity contribution is 8.00. The molecule has 1 aromatic heterocycles. The number of aromatic nitrogens is 3. The van der Waals surface area contributed by atoms with Gasteiger partial charge in [0, 0.05) is 22.7 Å². The highest BCUT2D eigenvalue weighted by atomic mass is 32.2. The monoisotopic (exact) mass is 274 g/mol. The fraction of sp³-hybridized carbons (Fsp3) is 0.429. The number of para-hydroxylation sites is 1. The SMILES string of the molecule is C[C@H]1C[C@H](NCc2nncn2-c2ccccc2)CS1. The normalized spacial score (nSPS) is 22.8. The maximum Gasteiger partial charge on any atom is 0.151 e. The minimum Gasteiger partial charge on any atom is -0.306 e. The van der Waals surface area contributed by atoms with E-state index in [0.717, 1.165) is 23.3 Å². The molecule has 3 rings (SSSR count). The molecule has 0 bridgehead atoms. The zero-order valence-corrected chi connectivity index (χ0v) is 11.8. The predicted molar refractivity (Wildman–Crippen MR) is 78.5 cm³/mol. The fourth-order valence-electron chi connectivity index (χ4n) is 2.38. The molecular weight excluding hydrogens is 256 g/mol. The summed E-state index contributed by atoms with van der Waals surface area (Å²) >= 11 is 2.04. The number of thioether (sulfide) groups is 1. The number of benzene rings is 1. The van der Waals surface area contributed by atoms with E-state index in [1.54, 1.807) is 6.33 Å². The Morgan fingerprint density at radius 1 is 1.37 bits per heavy atom. The summed E-state index contributed by atoms with van der Waals surface area (Å²) in [6.07, 6.45) is 3.02. The molecule has 2 heterocycles. The van der Waals surface area contributed by atoms with Crippen LogP contribution < -0.4 is 5.32 Å². The van der Waals surface area contributed by atoms with Gasteiger partial charge in [-0.3, -0.25) is 4.57 Å². The first-order chi connectivity index (χ1) is 9.33. The first-order valence-corrected chi connectivity index (χ1v) is 7.67. The third-order valence-electron chi connectivity index (χ3n) is 3.40. The summed E-state index contributed by atoms with van der Waals surface area (Å²) in [5.41, 5.74) is 1.11. The van der Waals surface area contributed by atoms with E-state index in [2.05, 4.69) is 34.6 Å². The Bertz CT molecular complexity index is 525. The topological polar surface area (TPSA) is 42.7 Å². The Morgan fingerprint density at radius 3 is 2.95 bits per heavy atom. The highest BCUT2D eigenvalue weighted by Gasteiger charge is 2.21. The molecule has 0 amide bonds. The number of rotatable bonds is 4. The second-order valence-corrected chi connectivity index (χ2v) is 6.38. The van der Waals surface area contributed by atoms with Crippen molar-refractivity contribution in [1.29, 1.82) is 0 Å². The van der Waals surface area contributed by atoms with E-state index >= 15 is 0 Å². The number of hydrogen-bond acceptors (Lipinski definition) is 4. The largest absolute Gasteiger partial charge is 0.306 e. The van der Waals surface area contributed by atoms with Gasteiger partial charge in [0.05, 0.1) is 6.54 Å². The Hall–Kier alpha value is -1.33. The maximum atomic E-state index is 4.22. The van der Waals surface area contributed by atoms with Crippen LogP contribution in [0.3, 0.4) is 0 Å². The van der Waals surface area contributed by atoms with E-state index in [0.29, 0.717) is 6.04 Å². The van der Waals surface area contributed by atoms with Crippen molar-refractivity contribution >= 4 is 11.8 Å².